The van der Waals surface area contributed by atoms with E-state index in [0.29, 0.717) is 0 Å². The Kier molecular flexibility index (Phi) is 5.74. The molecule has 1 heterocycles. The molecule has 4 nitrogen and oxygen atoms in total. The molecule has 4 aromatic rings. The van der Waals surface area contributed by atoms with Gasteiger partial charge in [0.05, 0.1) is 4.86 Å². The van der Waals surface area contributed by atoms with Crippen LogP contribution in [-0.4, -0.2) is 25.5 Å². The molecule has 0 aliphatic carbocycles. The summed E-state index contributed by atoms with van der Waals surface area (Å²) in [5.74, 6) is 0. The van der Waals surface area contributed by atoms with E-state index in [0.717, 1.165) is 16.0 Å². The second-order valence-corrected chi connectivity index (χ2v) is 5.58. The van der Waals surface area contributed by atoms with E-state index in [-0.39, 0.29) is 0 Å². The smallest absolute Gasteiger partial charge is 0.161 e. The minimum Gasteiger partial charge on any atom is -0.177 e. The highest BCUT2D eigenvalue weighted by Crippen LogP contribution is 2.26. The molecule has 1 aromatic heterocycles. The molecule has 4 rings (SSSR count). The highest BCUT2D eigenvalue weighted by Gasteiger charge is 2.10. The Morgan fingerprint density at radius 3 is 2.00 bits per heavy atom. The summed E-state index contributed by atoms with van der Waals surface area (Å²) in [6.45, 7) is 0. The first-order chi connectivity index (χ1) is 12.4. The molecule has 25 heavy (non-hydrogen) atoms. The Bertz CT molecular complexity index is 890. The van der Waals surface area contributed by atoms with Gasteiger partial charge in [-0.3, -0.25) is 0 Å². The summed E-state index contributed by atoms with van der Waals surface area (Å²) in [7, 11) is 0. The van der Waals surface area contributed by atoms with E-state index in [9.17, 15) is 0 Å². The first-order valence-corrected chi connectivity index (χ1v) is 8.17. The SMILES string of the molecule is S=C(c1ccccc1)c1ccccc1-c1ccccc1.c1nn[nH]n1. The van der Waals surface area contributed by atoms with Gasteiger partial charge in [-0.05, 0) is 16.7 Å². The number of H-pyrrole nitrogens is 1. The van der Waals surface area contributed by atoms with Gasteiger partial charge in [0, 0.05) is 5.56 Å². The second kappa shape index (κ2) is 8.61. The third-order valence-electron chi connectivity index (χ3n) is 3.56. The van der Waals surface area contributed by atoms with Crippen molar-refractivity contribution in [3.05, 3.63) is 102 Å². The maximum Gasteiger partial charge on any atom is 0.161 e. The van der Waals surface area contributed by atoms with Crippen molar-refractivity contribution in [3.8, 4) is 11.1 Å². The molecule has 0 fully saturated rings. The van der Waals surface area contributed by atoms with Gasteiger partial charge in [-0.15, -0.1) is 10.2 Å². The molecule has 0 aliphatic rings. The first kappa shape index (κ1) is 16.7. The zero-order valence-corrected chi connectivity index (χ0v) is 14.2. The maximum absolute atomic E-state index is 5.67. The molecular weight excluding hydrogens is 328 g/mol. The van der Waals surface area contributed by atoms with Crippen LogP contribution in [0.15, 0.2) is 91.3 Å². The van der Waals surface area contributed by atoms with Crippen molar-refractivity contribution in [1.29, 1.82) is 0 Å². The monoisotopic (exact) mass is 344 g/mol. The summed E-state index contributed by atoms with van der Waals surface area (Å²) < 4.78 is 0. The van der Waals surface area contributed by atoms with Crippen LogP contribution in [-0.2, 0) is 0 Å². The van der Waals surface area contributed by atoms with E-state index in [4.69, 9.17) is 12.2 Å². The van der Waals surface area contributed by atoms with E-state index in [1.807, 2.05) is 30.3 Å². The summed E-state index contributed by atoms with van der Waals surface area (Å²) >= 11 is 5.67. The van der Waals surface area contributed by atoms with E-state index < -0.39 is 0 Å². The highest BCUT2D eigenvalue weighted by atomic mass is 32.1. The zero-order valence-electron chi connectivity index (χ0n) is 13.4. The van der Waals surface area contributed by atoms with Crippen molar-refractivity contribution in [3.63, 3.8) is 0 Å². The predicted molar refractivity (Wildman–Crippen MR) is 103 cm³/mol. The molecule has 0 radical (unpaired) electrons. The van der Waals surface area contributed by atoms with E-state index >= 15 is 0 Å². The van der Waals surface area contributed by atoms with Crippen molar-refractivity contribution in [2.45, 2.75) is 0 Å². The lowest BCUT2D eigenvalue weighted by Crippen LogP contribution is -2.01. The van der Waals surface area contributed by atoms with Gasteiger partial charge in [-0.2, -0.15) is 5.21 Å². The minimum atomic E-state index is 0.894. The number of rotatable bonds is 3. The Labute approximate surface area is 151 Å². The number of aromatic nitrogens is 4. The van der Waals surface area contributed by atoms with Crippen LogP contribution in [0.5, 0.6) is 0 Å². The quantitative estimate of drug-likeness (QED) is 0.444. The topological polar surface area (TPSA) is 54.5 Å². The average molecular weight is 344 g/mol. The number of nitrogens with one attached hydrogen (secondary N) is 1. The van der Waals surface area contributed by atoms with Gasteiger partial charge in [0.25, 0.3) is 0 Å². The van der Waals surface area contributed by atoms with Crippen molar-refractivity contribution in [2.75, 3.05) is 0 Å². The zero-order chi connectivity index (χ0) is 17.3. The molecule has 0 unspecified atom stereocenters. The van der Waals surface area contributed by atoms with Crippen molar-refractivity contribution in [2.24, 2.45) is 0 Å². The number of thiocarbonyl (C=S) groups is 1. The van der Waals surface area contributed by atoms with Crippen LogP contribution in [0.3, 0.4) is 0 Å². The number of nitrogens with zero attached hydrogens (tertiary/aromatic N) is 3. The van der Waals surface area contributed by atoms with Crippen molar-refractivity contribution in [1.82, 2.24) is 20.6 Å². The normalized spacial score (nSPS) is 9.76. The number of hydrogen-bond donors (Lipinski definition) is 1. The van der Waals surface area contributed by atoms with Crippen LogP contribution in [0.2, 0.25) is 0 Å². The van der Waals surface area contributed by atoms with E-state index in [1.165, 1.54) is 17.5 Å². The van der Waals surface area contributed by atoms with Gasteiger partial charge in [-0.1, -0.05) is 102 Å². The fourth-order valence-corrected chi connectivity index (χ4v) is 2.74. The minimum absolute atomic E-state index is 0.894. The summed E-state index contributed by atoms with van der Waals surface area (Å²) in [6, 6.07) is 28.9. The highest BCUT2D eigenvalue weighted by molar-refractivity contribution is 7.81. The Balaban J connectivity index is 0.000000314. The molecule has 0 bridgehead atoms. The van der Waals surface area contributed by atoms with Gasteiger partial charge in [-0.25, -0.2) is 0 Å². The molecule has 0 saturated heterocycles. The lowest BCUT2D eigenvalue weighted by Gasteiger charge is -2.11. The molecule has 0 amide bonds. The number of benzene rings is 3. The van der Waals surface area contributed by atoms with Crippen molar-refractivity contribution >= 4 is 17.1 Å². The Hall–Kier alpha value is -3.18. The van der Waals surface area contributed by atoms with Crippen LogP contribution in [0, 0.1) is 0 Å². The number of hydrogen-bond acceptors (Lipinski definition) is 4. The van der Waals surface area contributed by atoms with Crippen LogP contribution in [0.25, 0.3) is 11.1 Å². The maximum atomic E-state index is 5.67. The molecule has 3 aromatic carbocycles. The molecule has 0 spiro atoms. The van der Waals surface area contributed by atoms with Gasteiger partial charge in [0.1, 0.15) is 0 Å². The Morgan fingerprint density at radius 1 is 0.760 bits per heavy atom. The van der Waals surface area contributed by atoms with Gasteiger partial charge >= 0.3 is 0 Å². The van der Waals surface area contributed by atoms with E-state index in [1.54, 1.807) is 0 Å². The average Bonchev–Trinajstić information content (AvgIpc) is 3.29. The Morgan fingerprint density at radius 2 is 1.40 bits per heavy atom. The summed E-state index contributed by atoms with van der Waals surface area (Å²) in [5, 5.41) is 12.2. The third kappa shape index (κ3) is 4.43. The number of tetrazole rings is 1. The summed E-state index contributed by atoms with van der Waals surface area (Å²) in [6.07, 6.45) is 1.33. The molecule has 0 atom stereocenters. The van der Waals surface area contributed by atoms with Crippen LogP contribution >= 0.6 is 12.2 Å². The molecule has 0 saturated carbocycles. The van der Waals surface area contributed by atoms with Crippen molar-refractivity contribution < 1.29 is 0 Å². The lowest BCUT2D eigenvalue weighted by atomic mass is 9.95. The number of aromatic amines is 1. The van der Waals surface area contributed by atoms with Crippen LogP contribution < -0.4 is 0 Å². The van der Waals surface area contributed by atoms with Gasteiger partial charge < -0.3 is 0 Å². The molecule has 122 valence electrons. The fourth-order valence-electron chi connectivity index (χ4n) is 2.42. The standard InChI is InChI=1S/C19H14S.CH2N4/c20-19(16-11-5-2-6-12-16)18-14-8-7-13-17(18)15-9-3-1-4-10-15;1-2-4-5-3-1/h1-14H;1H,(H,2,3,4,5). The molecule has 5 heteroatoms. The van der Waals surface area contributed by atoms with Gasteiger partial charge in [0.15, 0.2) is 6.33 Å². The summed E-state index contributed by atoms with van der Waals surface area (Å²) in [4.78, 5) is 0.894. The third-order valence-corrected chi connectivity index (χ3v) is 4.02. The largest absolute Gasteiger partial charge is 0.177 e. The molecule has 1 N–H and O–H groups in total. The van der Waals surface area contributed by atoms with Crippen LogP contribution in [0.1, 0.15) is 11.1 Å². The summed E-state index contributed by atoms with van der Waals surface area (Å²) in [5.41, 5.74) is 4.58. The molecule has 0 aliphatic heterocycles. The second-order valence-electron chi connectivity index (χ2n) is 5.17. The van der Waals surface area contributed by atoms with Gasteiger partial charge in [0.2, 0.25) is 0 Å². The molecular formula is C20H16N4S. The van der Waals surface area contributed by atoms with Crippen LogP contribution in [0.4, 0.5) is 0 Å². The lowest BCUT2D eigenvalue weighted by molar-refractivity contribution is 0.881. The fraction of sp³-hybridized carbons (Fsp3) is 0. The first-order valence-electron chi connectivity index (χ1n) is 7.77. The predicted octanol–water partition coefficient (Wildman–Crippen LogP) is 4.32. The van der Waals surface area contributed by atoms with E-state index in [2.05, 4.69) is 75.2 Å².